The van der Waals surface area contributed by atoms with Gasteiger partial charge in [0.25, 0.3) is 0 Å². The molecule has 0 spiro atoms. The van der Waals surface area contributed by atoms with Crippen molar-refractivity contribution in [2.75, 3.05) is 7.11 Å². The fourth-order valence-electron chi connectivity index (χ4n) is 1.50. The van der Waals surface area contributed by atoms with Gasteiger partial charge in [0.15, 0.2) is 11.4 Å². The molecule has 0 unspecified atom stereocenters. The molecule has 0 amide bonds. The fraction of sp³-hybridized carbons (Fsp3) is 0.0909. The van der Waals surface area contributed by atoms with Gasteiger partial charge in [0.05, 0.1) is 13.4 Å². The van der Waals surface area contributed by atoms with E-state index in [1.54, 1.807) is 24.1 Å². The highest BCUT2D eigenvalue weighted by Gasteiger charge is 2.08. The van der Waals surface area contributed by atoms with Crippen molar-refractivity contribution in [1.29, 1.82) is 0 Å². The number of nitrogens with zero attached hydrogens (tertiary/aromatic N) is 3. The van der Waals surface area contributed by atoms with E-state index >= 15 is 0 Å². The largest absolute Gasteiger partial charge is 0.497 e. The number of hydrogen-bond donors (Lipinski definition) is 0. The maximum absolute atomic E-state index is 5.24. The van der Waals surface area contributed by atoms with Gasteiger partial charge in [0, 0.05) is 12.3 Å². The summed E-state index contributed by atoms with van der Waals surface area (Å²) in [5, 5.41) is 4.29. The molecule has 0 aromatic carbocycles. The van der Waals surface area contributed by atoms with E-state index in [1.807, 2.05) is 24.3 Å². The minimum absolute atomic E-state index is 0.568. The van der Waals surface area contributed by atoms with Crippen molar-refractivity contribution in [3.8, 4) is 17.3 Å². The van der Waals surface area contributed by atoms with Crippen LogP contribution in [0.2, 0.25) is 0 Å². The first-order valence-electron chi connectivity index (χ1n) is 4.81. The first-order chi connectivity index (χ1) is 7.86. The van der Waals surface area contributed by atoms with Gasteiger partial charge >= 0.3 is 0 Å². The number of aromatic nitrogens is 3. The van der Waals surface area contributed by atoms with Gasteiger partial charge in [-0.05, 0) is 18.2 Å². The Labute approximate surface area is 91.3 Å². The lowest BCUT2D eigenvalue weighted by Gasteiger charge is -1.97. The average molecular weight is 215 g/mol. The van der Waals surface area contributed by atoms with Gasteiger partial charge < -0.3 is 9.15 Å². The maximum Gasteiger partial charge on any atom is 0.217 e. The molecule has 0 aliphatic rings. The van der Waals surface area contributed by atoms with Crippen LogP contribution < -0.4 is 4.74 Å². The first kappa shape index (κ1) is 8.96. The molecule has 3 heterocycles. The Bertz CT molecular complexity index is 613. The highest BCUT2D eigenvalue weighted by Crippen LogP contribution is 2.18. The highest BCUT2D eigenvalue weighted by atomic mass is 16.5. The van der Waals surface area contributed by atoms with Crippen LogP contribution in [0, 0.1) is 0 Å². The lowest BCUT2D eigenvalue weighted by Crippen LogP contribution is -1.88. The van der Waals surface area contributed by atoms with Crippen molar-refractivity contribution in [3.63, 3.8) is 0 Å². The highest BCUT2D eigenvalue weighted by molar-refractivity contribution is 5.53. The molecule has 0 aliphatic heterocycles. The fourth-order valence-corrected chi connectivity index (χ4v) is 1.50. The third-order valence-corrected chi connectivity index (χ3v) is 2.29. The summed E-state index contributed by atoms with van der Waals surface area (Å²) in [7, 11) is 1.62. The van der Waals surface area contributed by atoms with Crippen LogP contribution in [0.5, 0.6) is 5.75 Å². The van der Waals surface area contributed by atoms with Crippen molar-refractivity contribution in [1.82, 2.24) is 14.6 Å². The van der Waals surface area contributed by atoms with E-state index in [4.69, 9.17) is 9.15 Å². The Balaban J connectivity index is 2.16. The summed E-state index contributed by atoms with van der Waals surface area (Å²) in [6, 6.07) is 7.28. The molecule has 0 N–H and O–H groups in total. The van der Waals surface area contributed by atoms with Crippen LogP contribution in [0.3, 0.4) is 0 Å². The molecule has 3 aromatic heterocycles. The molecular weight excluding hydrogens is 206 g/mol. The van der Waals surface area contributed by atoms with Crippen LogP contribution in [0.4, 0.5) is 0 Å². The molecule has 3 aromatic rings. The van der Waals surface area contributed by atoms with E-state index in [9.17, 15) is 0 Å². The van der Waals surface area contributed by atoms with Crippen molar-refractivity contribution >= 4 is 5.65 Å². The van der Waals surface area contributed by atoms with Crippen molar-refractivity contribution in [2.45, 2.75) is 0 Å². The monoisotopic (exact) mass is 215 g/mol. The molecule has 80 valence electrons. The lowest BCUT2D eigenvalue weighted by molar-refractivity contribution is 0.414. The van der Waals surface area contributed by atoms with Gasteiger partial charge in [-0.1, -0.05) is 0 Å². The molecule has 0 aliphatic carbocycles. The number of pyridine rings is 1. The molecule has 0 bridgehead atoms. The van der Waals surface area contributed by atoms with Crippen LogP contribution in [0.1, 0.15) is 0 Å². The molecule has 0 saturated heterocycles. The Morgan fingerprint density at radius 2 is 2.31 bits per heavy atom. The van der Waals surface area contributed by atoms with Gasteiger partial charge in [-0.3, -0.25) is 0 Å². The van der Waals surface area contributed by atoms with E-state index in [2.05, 4.69) is 10.1 Å². The van der Waals surface area contributed by atoms with E-state index in [1.165, 1.54) is 0 Å². The number of hydrogen-bond acceptors (Lipinski definition) is 4. The average Bonchev–Trinajstić information content (AvgIpc) is 2.96. The summed E-state index contributed by atoms with van der Waals surface area (Å²) >= 11 is 0. The van der Waals surface area contributed by atoms with Crippen molar-refractivity contribution < 1.29 is 9.15 Å². The zero-order valence-corrected chi connectivity index (χ0v) is 8.62. The van der Waals surface area contributed by atoms with Crippen molar-refractivity contribution in [3.05, 3.63) is 36.7 Å². The summed E-state index contributed by atoms with van der Waals surface area (Å²) in [6.45, 7) is 0. The standard InChI is InChI=1S/C11H9N3O2/c1-15-8-4-5-14-10(7-8)12-11(13-14)9-3-2-6-16-9/h2-7H,1H3. The van der Waals surface area contributed by atoms with Crippen LogP contribution >= 0.6 is 0 Å². The van der Waals surface area contributed by atoms with Gasteiger partial charge in [-0.15, -0.1) is 5.10 Å². The van der Waals surface area contributed by atoms with Gasteiger partial charge in [-0.25, -0.2) is 9.50 Å². The Kier molecular flexibility index (Phi) is 1.89. The number of ether oxygens (including phenoxy) is 1. The second-order valence-electron chi connectivity index (χ2n) is 3.28. The molecular formula is C11H9N3O2. The van der Waals surface area contributed by atoms with Gasteiger partial charge in [0.1, 0.15) is 5.75 Å². The van der Waals surface area contributed by atoms with Crippen LogP contribution in [0.25, 0.3) is 17.2 Å². The normalized spacial score (nSPS) is 10.8. The molecule has 0 saturated carbocycles. The zero-order chi connectivity index (χ0) is 11.0. The van der Waals surface area contributed by atoms with Crippen LogP contribution in [-0.2, 0) is 0 Å². The number of methoxy groups -OCH3 is 1. The minimum atomic E-state index is 0.568. The first-order valence-corrected chi connectivity index (χ1v) is 4.81. The van der Waals surface area contributed by atoms with E-state index in [0.29, 0.717) is 11.6 Å². The lowest BCUT2D eigenvalue weighted by atomic mass is 10.4. The van der Waals surface area contributed by atoms with Gasteiger partial charge in [-0.2, -0.15) is 0 Å². The minimum Gasteiger partial charge on any atom is -0.497 e. The van der Waals surface area contributed by atoms with E-state index < -0.39 is 0 Å². The summed E-state index contributed by atoms with van der Waals surface area (Å²) in [6.07, 6.45) is 3.40. The quantitative estimate of drug-likeness (QED) is 0.656. The number of rotatable bonds is 2. The molecule has 0 radical (unpaired) electrons. The molecule has 3 rings (SSSR count). The van der Waals surface area contributed by atoms with Gasteiger partial charge in [0.2, 0.25) is 5.82 Å². The second-order valence-corrected chi connectivity index (χ2v) is 3.28. The Morgan fingerprint density at radius 1 is 1.38 bits per heavy atom. The zero-order valence-electron chi connectivity index (χ0n) is 8.62. The van der Waals surface area contributed by atoms with Crippen LogP contribution in [-0.4, -0.2) is 21.7 Å². The summed E-state index contributed by atoms with van der Waals surface area (Å²) in [5.41, 5.74) is 0.728. The molecule has 5 heteroatoms. The number of fused-ring (bicyclic) bond motifs is 1. The molecule has 16 heavy (non-hydrogen) atoms. The molecule has 0 fully saturated rings. The molecule has 5 nitrogen and oxygen atoms in total. The Hall–Kier alpha value is -2.30. The molecule has 0 atom stereocenters. The maximum atomic E-state index is 5.24. The van der Waals surface area contributed by atoms with Crippen molar-refractivity contribution in [2.24, 2.45) is 0 Å². The third-order valence-electron chi connectivity index (χ3n) is 2.29. The predicted octanol–water partition coefficient (Wildman–Crippen LogP) is 2.00. The third kappa shape index (κ3) is 1.33. The summed E-state index contributed by atoms with van der Waals surface area (Å²) in [5.74, 6) is 1.98. The van der Waals surface area contributed by atoms with E-state index in [-0.39, 0.29) is 0 Å². The van der Waals surface area contributed by atoms with E-state index in [0.717, 1.165) is 11.4 Å². The Morgan fingerprint density at radius 3 is 3.06 bits per heavy atom. The number of furan rings is 1. The topological polar surface area (TPSA) is 52.6 Å². The summed E-state index contributed by atoms with van der Waals surface area (Å²) < 4.78 is 12.0. The van der Waals surface area contributed by atoms with Crippen LogP contribution in [0.15, 0.2) is 41.1 Å². The predicted molar refractivity (Wildman–Crippen MR) is 57.2 cm³/mol. The summed E-state index contributed by atoms with van der Waals surface area (Å²) in [4.78, 5) is 4.34. The SMILES string of the molecule is COc1ccn2nc(-c3ccco3)nc2c1. The second kappa shape index (κ2) is 3.37. The smallest absolute Gasteiger partial charge is 0.217 e.